The van der Waals surface area contributed by atoms with Crippen molar-refractivity contribution in [1.29, 1.82) is 0 Å². The molecule has 0 aromatic heterocycles. The van der Waals surface area contributed by atoms with E-state index in [-0.39, 0.29) is 0 Å². The summed E-state index contributed by atoms with van der Waals surface area (Å²) in [7, 11) is 0. The molecule has 94 valence electrons. The van der Waals surface area contributed by atoms with E-state index in [0.717, 1.165) is 11.7 Å². The van der Waals surface area contributed by atoms with Gasteiger partial charge in [0.05, 0.1) is 0 Å². The highest BCUT2D eigenvalue weighted by Gasteiger charge is 2.22. The Balaban J connectivity index is 1.68. The van der Waals surface area contributed by atoms with Gasteiger partial charge in [0.15, 0.2) is 0 Å². The third kappa shape index (κ3) is 3.75. The van der Waals surface area contributed by atoms with Crippen LogP contribution in [-0.2, 0) is 5.75 Å². The summed E-state index contributed by atoms with van der Waals surface area (Å²) < 4.78 is 0. The van der Waals surface area contributed by atoms with Gasteiger partial charge in [-0.25, -0.2) is 0 Å². The van der Waals surface area contributed by atoms with Gasteiger partial charge in [-0.05, 0) is 49.0 Å². The van der Waals surface area contributed by atoms with Gasteiger partial charge in [-0.2, -0.15) is 11.8 Å². The number of hydrogen-bond acceptors (Lipinski definition) is 2. The van der Waals surface area contributed by atoms with Crippen molar-refractivity contribution in [1.82, 2.24) is 0 Å². The van der Waals surface area contributed by atoms with E-state index in [1.54, 1.807) is 0 Å². The van der Waals surface area contributed by atoms with Gasteiger partial charge >= 0.3 is 0 Å². The Morgan fingerprint density at radius 2 is 2.12 bits per heavy atom. The lowest BCUT2D eigenvalue weighted by Crippen LogP contribution is -2.24. The average Bonchev–Trinajstić information content (AvgIpc) is 2.73. The Kier molecular flexibility index (Phi) is 4.93. The number of benzene rings is 1. The van der Waals surface area contributed by atoms with Gasteiger partial charge in [0, 0.05) is 11.8 Å². The average molecular weight is 249 g/mol. The molecule has 0 saturated heterocycles. The molecule has 0 aliphatic heterocycles. The van der Waals surface area contributed by atoms with E-state index in [4.69, 9.17) is 5.73 Å². The first-order chi connectivity index (χ1) is 8.27. The molecule has 2 heteroatoms. The minimum absolute atomic E-state index is 0.481. The zero-order valence-corrected chi connectivity index (χ0v) is 11.5. The molecule has 2 atom stereocenters. The van der Waals surface area contributed by atoms with E-state index in [9.17, 15) is 0 Å². The minimum Gasteiger partial charge on any atom is -0.327 e. The molecule has 0 bridgehead atoms. The van der Waals surface area contributed by atoms with Crippen LogP contribution in [0.1, 0.15) is 36.8 Å². The van der Waals surface area contributed by atoms with Crippen LogP contribution in [0, 0.1) is 12.8 Å². The molecule has 0 heterocycles. The standard InChI is InChI=1S/C15H23NS/c1-12-5-2-3-6-14(12)11-17-10-9-13-7-4-8-15(13)16/h2-3,5-6,13,15H,4,7-11,16H2,1H3. The number of thioether (sulfide) groups is 1. The number of aryl methyl sites for hydroxylation is 1. The molecule has 1 aromatic carbocycles. The molecule has 1 aliphatic carbocycles. The Labute approximate surface area is 109 Å². The van der Waals surface area contributed by atoms with Gasteiger partial charge in [0.25, 0.3) is 0 Å². The van der Waals surface area contributed by atoms with Crippen molar-refractivity contribution in [2.75, 3.05) is 5.75 Å². The molecule has 0 amide bonds. The third-order valence-electron chi connectivity index (χ3n) is 3.87. The maximum Gasteiger partial charge on any atom is 0.0187 e. The molecule has 1 fully saturated rings. The van der Waals surface area contributed by atoms with Crippen LogP contribution in [0.4, 0.5) is 0 Å². The lowest BCUT2D eigenvalue weighted by molar-refractivity contribution is 0.470. The Hall–Kier alpha value is -0.470. The molecule has 17 heavy (non-hydrogen) atoms. The van der Waals surface area contributed by atoms with Crippen molar-refractivity contribution in [2.24, 2.45) is 11.7 Å². The Bertz CT molecular complexity index is 351. The summed E-state index contributed by atoms with van der Waals surface area (Å²) in [5.74, 6) is 3.20. The van der Waals surface area contributed by atoms with Crippen LogP contribution in [0.15, 0.2) is 24.3 Å². The SMILES string of the molecule is Cc1ccccc1CSCCC1CCCC1N. The molecule has 2 unspecified atom stereocenters. The monoisotopic (exact) mass is 249 g/mol. The second-order valence-electron chi connectivity index (χ2n) is 5.12. The molecule has 1 nitrogen and oxygen atoms in total. The van der Waals surface area contributed by atoms with Crippen molar-refractivity contribution in [3.63, 3.8) is 0 Å². The van der Waals surface area contributed by atoms with E-state index in [1.165, 1.54) is 42.6 Å². The van der Waals surface area contributed by atoms with Crippen LogP contribution < -0.4 is 5.73 Å². The van der Waals surface area contributed by atoms with Crippen molar-refractivity contribution in [3.05, 3.63) is 35.4 Å². The predicted octanol–water partition coefficient (Wildman–Crippen LogP) is 3.75. The van der Waals surface area contributed by atoms with Crippen LogP contribution in [0.3, 0.4) is 0 Å². The molecule has 2 N–H and O–H groups in total. The Morgan fingerprint density at radius 3 is 2.82 bits per heavy atom. The summed E-state index contributed by atoms with van der Waals surface area (Å²) in [5, 5.41) is 0. The number of rotatable bonds is 5. The second-order valence-corrected chi connectivity index (χ2v) is 6.23. The van der Waals surface area contributed by atoms with Gasteiger partial charge < -0.3 is 5.73 Å². The summed E-state index contributed by atoms with van der Waals surface area (Å²) in [6.07, 6.45) is 5.24. The molecule has 0 spiro atoms. The van der Waals surface area contributed by atoms with Crippen molar-refractivity contribution in [2.45, 2.75) is 44.4 Å². The fraction of sp³-hybridized carbons (Fsp3) is 0.600. The first-order valence-electron chi connectivity index (χ1n) is 6.65. The van der Waals surface area contributed by atoms with E-state index in [1.807, 2.05) is 0 Å². The molecule has 2 rings (SSSR count). The number of hydrogen-bond donors (Lipinski definition) is 1. The normalized spacial score (nSPS) is 24.1. The maximum atomic E-state index is 6.09. The Morgan fingerprint density at radius 1 is 1.29 bits per heavy atom. The van der Waals surface area contributed by atoms with Crippen molar-refractivity contribution in [3.8, 4) is 0 Å². The molecule has 1 aromatic rings. The van der Waals surface area contributed by atoms with Crippen LogP contribution in [-0.4, -0.2) is 11.8 Å². The van der Waals surface area contributed by atoms with Crippen molar-refractivity contribution >= 4 is 11.8 Å². The minimum atomic E-state index is 0.481. The highest BCUT2D eigenvalue weighted by atomic mass is 32.2. The van der Waals surface area contributed by atoms with Crippen molar-refractivity contribution < 1.29 is 0 Å². The summed E-state index contributed by atoms with van der Waals surface area (Å²) in [5.41, 5.74) is 8.98. The predicted molar refractivity (Wildman–Crippen MR) is 77.3 cm³/mol. The third-order valence-corrected chi connectivity index (χ3v) is 4.91. The lowest BCUT2D eigenvalue weighted by atomic mass is 10.0. The quantitative estimate of drug-likeness (QED) is 0.804. The van der Waals surface area contributed by atoms with Gasteiger partial charge in [0.2, 0.25) is 0 Å². The number of nitrogens with two attached hydrogens (primary N) is 1. The highest BCUT2D eigenvalue weighted by Crippen LogP contribution is 2.28. The summed E-state index contributed by atoms with van der Waals surface area (Å²) in [6, 6.07) is 9.16. The van der Waals surface area contributed by atoms with Crippen LogP contribution in [0.5, 0.6) is 0 Å². The largest absolute Gasteiger partial charge is 0.327 e. The topological polar surface area (TPSA) is 26.0 Å². The van der Waals surface area contributed by atoms with Gasteiger partial charge in [-0.15, -0.1) is 0 Å². The fourth-order valence-electron chi connectivity index (χ4n) is 2.61. The molecule has 0 radical (unpaired) electrons. The highest BCUT2D eigenvalue weighted by molar-refractivity contribution is 7.98. The summed E-state index contributed by atoms with van der Waals surface area (Å²) in [6.45, 7) is 2.20. The van der Waals surface area contributed by atoms with Crippen LogP contribution in [0.25, 0.3) is 0 Å². The first-order valence-corrected chi connectivity index (χ1v) is 7.80. The van der Waals surface area contributed by atoms with Crippen LogP contribution in [0.2, 0.25) is 0 Å². The maximum absolute atomic E-state index is 6.09. The smallest absolute Gasteiger partial charge is 0.0187 e. The lowest BCUT2D eigenvalue weighted by Gasteiger charge is -2.14. The molecule has 1 aliphatic rings. The molecule has 1 saturated carbocycles. The summed E-state index contributed by atoms with van der Waals surface area (Å²) >= 11 is 2.05. The summed E-state index contributed by atoms with van der Waals surface area (Å²) in [4.78, 5) is 0. The van der Waals surface area contributed by atoms with E-state index < -0.39 is 0 Å². The van der Waals surface area contributed by atoms with Gasteiger partial charge in [0.1, 0.15) is 0 Å². The zero-order valence-electron chi connectivity index (χ0n) is 10.7. The van der Waals surface area contributed by atoms with E-state index in [2.05, 4.69) is 43.0 Å². The van der Waals surface area contributed by atoms with E-state index >= 15 is 0 Å². The fourth-order valence-corrected chi connectivity index (χ4v) is 3.77. The second kappa shape index (κ2) is 6.46. The van der Waals surface area contributed by atoms with E-state index in [0.29, 0.717) is 6.04 Å². The van der Waals surface area contributed by atoms with Gasteiger partial charge in [-0.1, -0.05) is 30.7 Å². The molecular weight excluding hydrogens is 226 g/mol. The zero-order chi connectivity index (χ0) is 12.1. The first kappa shape index (κ1) is 13.0. The molecular formula is C15H23NS. The van der Waals surface area contributed by atoms with Gasteiger partial charge in [-0.3, -0.25) is 0 Å². The van der Waals surface area contributed by atoms with Crippen LogP contribution >= 0.6 is 11.8 Å².